The number of carbonyl (C=O) groups excluding carboxylic acids is 1. The number of halogens is 1. The van der Waals surface area contributed by atoms with E-state index in [9.17, 15) is 13.2 Å². The molecule has 0 amide bonds. The zero-order valence-corrected chi connectivity index (χ0v) is 14.2. The Morgan fingerprint density at radius 1 is 1.29 bits per heavy atom. The summed E-state index contributed by atoms with van der Waals surface area (Å²) in [6.07, 6.45) is 1.04. The van der Waals surface area contributed by atoms with E-state index in [4.69, 9.17) is 4.74 Å². The molecule has 0 spiro atoms. The summed E-state index contributed by atoms with van der Waals surface area (Å²) in [6.45, 7) is 0.747. The summed E-state index contributed by atoms with van der Waals surface area (Å²) >= 11 is 3.32. The monoisotopic (exact) mass is 375 g/mol. The fourth-order valence-electron chi connectivity index (χ4n) is 2.42. The third kappa shape index (κ3) is 4.28. The van der Waals surface area contributed by atoms with Crippen LogP contribution in [0.3, 0.4) is 0 Å². The van der Waals surface area contributed by atoms with Crippen LogP contribution >= 0.6 is 15.9 Å². The first-order valence-electron chi connectivity index (χ1n) is 6.72. The highest BCUT2D eigenvalue weighted by molar-refractivity contribution is 9.10. The molecule has 0 N–H and O–H groups in total. The van der Waals surface area contributed by atoms with Crippen LogP contribution in [-0.4, -0.2) is 38.9 Å². The Kier molecular flexibility index (Phi) is 5.40. The van der Waals surface area contributed by atoms with Crippen LogP contribution in [0.1, 0.15) is 18.4 Å². The van der Waals surface area contributed by atoms with Gasteiger partial charge in [-0.15, -0.1) is 0 Å². The second kappa shape index (κ2) is 6.89. The van der Waals surface area contributed by atoms with E-state index in [1.54, 1.807) is 12.1 Å². The summed E-state index contributed by atoms with van der Waals surface area (Å²) in [4.78, 5) is 11.5. The summed E-state index contributed by atoms with van der Waals surface area (Å²) in [5.74, 6) is -0.447. The Labute approximate surface area is 133 Å². The Bertz CT molecular complexity index is 592. The van der Waals surface area contributed by atoms with Gasteiger partial charge in [-0.3, -0.25) is 4.79 Å². The standard InChI is InChI=1S/C14H18BrNO4S/c1-20-14(17)12-6-8-16(9-7-12)21(18,19)10-11-2-4-13(15)5-3-11/h2-5,12H,6-10H2,1H3. The van der Waals surface area contributed by atoms with E-state index in [2.05, 4.69) is 15.9 Å². The van der Waals surface area contributed by atoms with Gasteiger partial charge in [-0.25, -0.2) is 12.7 Å². The van der Waals surface area contributed by atoms with Crippen molar-refractivity contribution in [2.45, 2.75) is 18.6 Å². The SMILES string of the molecule is COC(=O)C1CCN(S(=O)(=O)Cc2ccc(Br)cc2)CC1. The summed E-state index contributed by atoms with van der Waals surface area (Å²) < 4.78 is 31.9. The van der Waals surface area contributed by atoms with Crippen molar-refractivity contribution in [3.8, 4) is 0 Å². The Hall–Kier alpha value is -0.920. The van der Waals surface area contributed by atoms with Gasteiger partial charge in [-0.2, -0.15) is 0 Å². The molecule has 1 fully saturated rings. The number of sulfonamides is 1. The number of ether oxygens (including phenoxy) is 1. The molecule has 1 aliphatic rings. The van der Waals surface area contributed by atoms with Crippen LogP contribution in [0.15, 0.2) is 28.7 Å². The Morgan fingerprint density at radius 2 is 1.86 bits per heavy atom. The van der Waals surface area contributed by atoms with Gasteiger partial charge in [0.25, 0.3) is 0 Å². The van der Waals surface area contributed by atoms with Gasteiger partial charge in [0.15, 0.2) is 0 Å². The molecule has 0 unspecified atom stereocenters. The first-order chi connectivity index (χ1) is 9.92. The molecule has 0 saturated carbocycles. The molecule has 2 rings (SSSR count). The van der Waals surface area contributed by atoms with E-state index < -0.39 is 10.0 Å². The minimum Gasteiger partial charge on any atom is -0.469 e. The van der Waals surface area contributed by atoms with E-state index in [-0.39, 0.29) is 17.6 Å². The van der Waals surface area contributed by atoms with Gasteiger partial charge in [0.1, 0.15) is 0 Å². The summed E-state index contributed by atoms with van der Waals surface area (Å²) in [5, 5.41) is 0. The van der Waals surface area contributed by atoms with Crippen molar-refractivity contribution in [3.63, 3.8) is 0 Å². The number of piperidine rings is 1. The van der Waals surface area contributed by atoms with Crippen molar-refractivity contribution in [3.05, 3.63) is 34.3 Å². The highest BCUT2D eigenvalue weighted by atomic mass is 79.9. The van der Waals surface area contributed by atoms with Gasteiger partial charge in [-0.05, 0) is 30.5 Å². The first-order valence-corrected chi connectivity index (χ1v) is 9.12. The smallest absolute Gasteiger partial charge is 0.308 e. The predicted molar refractivity (Wildman–Crippen MR) is 83.1 cm³/mol. The van der Waals surface area contributed by atoms with Gasteiger partial charge in [0.2, 0.25) is 10.0 Å². The number of esters is 1. The van der Waals surface area contributed by atoms with Gasteiger partial charge in [-0.1, -0.05) is 28.1 Å². The lowest BCUT2D eigenvalue weighted by molar-refractivity contribution is -0.146. The molecule has 7 heteroatoms. The molecule has 5 nitrogen and oxygen atoms in total. The molecule has 0 bridgehead atoms. The third-order valence-electron chi connectivity index (χ3n) is 3.64. The maximum Gasteiger partial charge on any atom is 0.308 e. The van der Waals surface area contributed by atoms with Crippen LogP contribution in [-0.2, 0) is 25.3 Å². The lowest BCUT2D eigenvalue weighted by Gasteiger charge is -2.29. The minimum absolute atomic E-state index is 0.0107. The average molecular weight is 376 g/mol. The number of nitrogens with zero attached hydrogens (tertiary/aromatic N) is 1. The van der Waals surface area contributed by atoms with E-state index in [0.717, 1.165) is 10.0 Å². The molecule has 0 radical (unpaired) electrons. The normalized spacial score (nSPS) is 17.6. The highest BCUT2D eigenvalue weighted by Gasteiger charge is 2.31. The predicted octanol–water partition coefficient (Wildman–Crippen LogP) is 2.16. The van der Waals surface area contributed by atoms with Gasteiger partial charge < -0.3 is 4.74 Å². The number of hydrogen-bond donors (Lipinski definition) is 0. The van der Waals surface area contributed by atoms with Gasteiger partial charge in [0, 0.05) is 17.6 Å². The van der Waals surface area contributed by atoms with Crippen molar-refractivity contribution in [1.29, 1.82) is 0 Å². The van der Waals surface area contributed by atoms with Crippen molar-refractivity contribution < 1.29 is 17.9 Å². The molecule has 0 aromatic heterocycles. The first kappa shape index (κ1) is 16.5. The van der Waals surface area contributed by atoms with Gasteiger partial charge in [0.05, 0.1) is 18.8 Å². The molecule has 1 aliphatic heterocycles. The van der Waals surface area contributed by atoms with Crippen LogP contribution in [0.4, 0.5) is 0 Å². The lowest BCUT2D eigenvalue weighted by atomic mass is 9.99. The van der Waals surface area contributed by atoms with E-state index in [0.29, 0.717) is 25.9 Å². The summed E-state index contributed by atoms with van der Waals surface area (Å²) in [7, 11) is -1.98. The van der Waals surface area contributed by atoms with Crippen molar-refractivity contribution in [1.82, 2.24) is 4.31 Å². The summed E-state index contributed by atoms with van der Waals surface area (Å²) in [5.41, 5.74) is 0.758. The number of benzene rings is 1. The fourth-order valence-corrected chi connectivity index (χ4v) is 4.25. The lowest BCUT2D eigenvalue weighted by Crippen LogP contribution is -2.41. The number of carbonyl (C=O) groups is 1. The average Bonchev–Trinajstić information content (AvgIpc) is 2.49. The molecule has 0 aliphatic carbocycles. The van der Waals surface area contributed by atoms with Crippen molar-refractivity contribution in [2.75, 3.05) is 20.2 Å². The van der Waals surface area contributed by atoms with Crippen LogP contribution < -0.4 is 0 Å². The van der Waals surface area contributed by atoms with Crippen LogP contribution in [0.5, 0.6) is 0 Å². The van der Waals surface area contributed by atoms with Crippen LogP contribution in [0, 0.1) is 5.92 Å². The van der Waals surface area contributed by atoms with Crippen molar-refractivity contribution in [2.24, 2.45) is 5.92 Å². The second-order valence-electron chi connectivity index (χ2n) is 5.08. The van der Waals surface area contributed by atoms with E-state index in [1.807, 2.05) is 12.1 Å². The van der Waals surface area contributed by atoms with Crippen molar-refractivity contribution >= 4 is 31.9 Å². The van der Waals surface area contributed by atoms with E-state index in [1.165, 1.54) is 11.4 Å². The number of rotatable bonds is 4. The topological polar surface area (TPSA) is 63.7 Å². The molecule has 1 aromatic carbocycles. The maximum atomic E-state index is 12.4. The zero-order valence-electron chi connectivity index (χ0n) is 11.8. The number of methoxy groups -OCH3 is 1. The minimum atomic E-state index is -3.34. The van der Waals surface area contributed by atoms with Crippen LogP contribution in [0.2, 0.25) is 0 Å². The molecule has 1 heterocycles. The van der Waals surface area contributed by atoms with E-state index >= 15 is 0 Å². The Morgan fingerprint density at radius 3 is 2.38 bits per heavy atom. The zero-order chi connectivity index (χ0) is 15.5. The molecule has 1 aromatic rings. The van der Waals surface area contributed by atoms with Crippen LogP contribution in [0.25, 0.3) is 0 Å². The molecule has 116 valence electrons. The quantitative estimate of drug-likeness (QED) is 0.756. The fraction of sp³-hybridized carbons (Fsp3) is 0.500. The van der Waals surface area contributed by atoms with Gasteiger partial charge >= 0.3 is 5.97 Å². The molecule has 0 atom stereocenters. The molecule has 1 saturated heterocycles. The maximum absolute atomic E-state index is 12.4. The number of hydrogen-bond acceptors (Lipinski definition) is 4. The Balaban J connectivity index is 1.98. The largest absolute Gasteiger partial charge is 0.469 e. The molecular formula is C14H18BrNO4S. The summed E-state index contributed by atoms with van der Waals surface area (Å²) in [6, 6.07) is 7.24. The second-order valence-corrected chi connectivity index (χ2v) is 7.96. The molecule has 21 heavy (non-hydrogen) atoms. The molecular weight excluding hydrogens is 358 g/mol. The third-order valence-corrected chi connectivity index (χ3v) is 6.02. The highest BCUT2D eigenvalue weighted by Crippen LogP contribution is 2.23.